The summed E-state index contributed by atoms with van der Waals surface area (Å²) in [5.74, 6) is 0.384. The van der Waals surface area contributed by atoms with E-state index in [1.165, 1.54) is 18.4 Å². The van der Waals surface area contributed by atoms with Gasteiger partial charge < -0.3 is 9.73 Å². The molecule has 0 bridgehead atoms. The maximum absolute atomic E-state index is 12.6. The van der Waals surface area contributed by atoms with E-state index in [0.717, 1.165) is 5.56 Å². The Kier molecular flexibility index (Phi) is 4.28. The minimum atomic E-state index is -3.83. The Morgan fingerprint density at radius 2 is 1.86 bits per heavy atom. The first-order chi connectivity index (χ1) is 9.96. The number of benzene rings is 1. The largest absolute Gasteiger partial charge is 0.465 e. The number of rotatable bonds is 5. The highest BCUT2D eigenvalue weighted by molar-refractivity contribution is 7.95. The van der Waals surface area contributed by atoms with E-state index in [4.69, 9.17) is 4.42 Å². The van der Waals surface area contributed by atoms with Crippen molar-refractivity contribution in [2.75, 3.05) is 0 Å². The summed E-state index contributed by atoms with van der Waals surface area (Å²) < 4.78 is 30.5. The van der Waals surface area contributed by atoms with Gasteiger partial charge in [-0.25, -0.2) is 8.42 Å². The van der Waals surface area contributed by atoms with Crippen molar-refractivity contribution in [1.29, 1.82) is 0 Å². The first-order valence-corrected chi connectivity index (χ1v) is 7.72. The number of carbonyl (C=O) groups excluding carboxylic acids is 1. The molecular formula is C15H15NO4S. The SMILES string of the molecule is C/C(=C(\NC=O)S(=O)(=O)c1ccc(C)cc1)c1ccco1. The highest BCUT2D eigenvalue weighted by Crippen LogP contribution is 2.25. The summed E-state index contributed by atoms with van der Waals surface area (Å²) in [5, 5.41) is 2.09. The highest BCUT2D eigenvalue weighted by atomic mass is 32.2. The molecule has 1 N–H and O–H groups in total. The zero-order chi connectivity index (χ0) is 15.5. The van der Waals surface area contributed by atoms with E-state index in [1.54, 1.807) is 31.2 Å². The molecule has 0 fully saturated rings. The molecular weight excluding hydrogens is 290 g/mol. The van der Waals surface area contributed by atoms with Gasteiger partial charge in [-0.1, -0.05) is 17.7 Å². The number of aryl methyl sites for hydroxylation is 1. The Labute approximate surface area is 123 Å². The molecule has 2 aromatic rings. The topological polar surface area (TPSA) is 76.4 Å². The van der Waals surface area contributed by atoms with Crippen molar-refractivity contribution in [2.45, 2.75) is 18.7 Å². The maximum atomic E-state index is 12.6. The summed E-state index contributed by atoms with van der Waals surface area (Å²) in [5.41, 5.74) is 1.29. The number of nitrogens with one attached hydrogen (secondary N) is 1. The molecule has 0 saturated carbocycles. The third-order valence-corrected chi connectivity index (χ3v) is 4.88. The van der Waals surface area contributed by atoms with Crippen molar-refractivity contribution >= 4 is 21.8 Å². The first-order valence-electron chi connectivity index (χ1n) is 6.23. The highest BCUT2D eigenvalue weighted by Gasteiger charge is 2.24. The second-order valence-electron chi connectivity index (χ2n) is 4.51. The van der Waals surface area contributed by atoms with Crippen molar-refractivity contribution in [3.05, 3.63) is 59.0 Å². The van der Waals surface area contributed by atoms with Crippen molar-refractivity contribution in [2.24, 2.45) is 0 Å². The lowest BCUT2D eigenvalue weighted by Gasteiger charge is -2.11. The van der Waals surface area contributed by atoms with E-state index in [-0.39, 0.29) is 9.92 Å². The standard InChI is InChI=1S/C15H15NO4S/c1-11-5-7-13(8-6-11)21(18,19)15(16-10-17)12(2)14-4-3-9-20-14/h3-10H,1-2H3,(H,16,17)/b15-12-. The number of carbonyl (C=O) groups is 1. The van der Waals surface area contributed by atoms with Crippen LogP contribution in [-0.2, 0) is 14.6 Å². The lowest BCUT2D eigenvalue weighted by Crippen LogP contribution is -2.21. The first kappa shape index (κ1) is 15.1. The molecule has 21 heavy (non-hydrogen) atoms. The Morgan fingerprint density at radius 1 is 1.19 bits per heavy atom. The van der Waals surface area contributed by atoms with Crippen LogP contribution in [0.3, 0.4) is 0 Å². The van der Waals surface area contributed by atoms with E-state index in [0.29, 0.717) is 17.7 Å². The van der Waals surface area contributed by atoms with Gasteiger partial charge in [0.15, 0.2) is 0 Å². The molecule has 1 aromatic heterocycles. The average Bonchev–Trinajstić information content (AvgIpc) is 2.98. The van der Waals surface area contributed by atoms with E-state index < -0.39 is 9.84 Å². The van der Waals surface area contributed by atoms with E-state index in [1.807, 2.05) is 6.92 Å². The van der Waals surface area contributed by atoms with Crippen LogP contribution in [0.25, 0.3) is 5.57 Å². The molecule has 110 valence electrons. The molecule has 0 aliphatic rings. The summed E-state index contributed by atoms with van der Waals surface area (Å²) in [6, 6.07) is 9.70. The smallest absolute Gasteiger partial charge is 0.222 e. The molecule has 0 saturated heterocycles. The van der Waals surface area contributed by atoms with Gasteiger partial charge in [-0.15, -0.1) is 0 Å². The molecule has 0 radical (unpaired) electrons. The van der Waals surface area contributed by atoms with Gasteiger partial charge in [-0.05, 0) is 38.1 Å². The van der Waals surface area contributed by atoms with E-state index in [9.17, 15) is 13.2 Å². The van der Waals surface area contributed by atoms with Gasteiger partial charge in [0.2, 0.25) is 16.2 Å². The van der Waals surface area contributed by atoms with Crippen LogP contribution in [0.2, 0.25) is 0 Å². The Morgan fingerprint density at radius 3 is 2.38 bits per heavy atom. The maximum Gasteiger partial charge on any atom is 0.222 e. The van der Waals surface area contributed by atoms with E-state index >= 15 is 0 Å². The van der Waals surface area contributed by atoms with Crippen molar-refractivity contribution in [1.82, 2.24) is 5.32 Å². The Balaban J connectivity index is 2.59. The molecule has 1 heterocycles. The Hall–Kier alpha value is -2.34. The normalized spacial score (nSPS) is 12.7. The summed E-state index contributed by atoms with van der Waals surface area (Å²) >= 11 is 0. The van der Waals surface area contributed by atoms with Crippen LogP contribution in [0.4, 0.5) is 0 Å². The molecule has 0 atom stereocenters. The van der Waals surface area contributed by atoms with Gasteiger partial charge in [0.25, 0.3) is 0 Å². The van der Waals surface area contributed by atoms with Gasteiger partial charge in [0.1, 0.15) is 10.8 Å². The molecule has 1 amide bonds. The fourth-order valence-corrected chi connectivity index (χ4v) is 3.32. The van der Waals surface area contributed by atoms with Crippen LogP contribution >= 0.6 is 0 Å². The molecule has 1 aromatic carbocycles. The Bertz CT molecular complexity index is 757. The number of hydrogen-bond acceptors (Lipinski definition) is 4. The fraction of sp³-hybridized carbons (Fsp3) is 0.133. The quantitative estimate of drug-likeness (QED) is 0.861. The van der Waals surface area contributed by atoms with Gasteiger partial charge in [0.05, 0.1) is 11.2 Å². The molecule has 5 nitrogen and oxygen atoms in total. The third-order valence-electron chi connectivity index (χ3n) is 3.02. The minimum absolute atomic E-state index is 0.114. The summed E-state index contributed by atoms with van der Waals surface area (Å²) in [6.45, 7) is 3.45. The second-order valence-corrected chi connectivity index (χ2v) is 6.40. The van der Waals surface area contributed by atoms with Gasteiger partial charge >= 0.3 is 0 Å². The van der Waals surface area contributed by atoms with Gasteiger partial charge in [0, 0.05) is 5.57 Å². The lowest BCUT2D eigenvalue weighted by atomic mass is 10.2. The molecule has 0 spiro atoms. The number of amides is 1. The van der Waals surface area contributed by atoms with Crippen LogP contribution in [0.1, 0.15) is 18.2 Å². The van der Waals surface area contributed by atoms with Gasteiger partial charge in [-0.3, -0.25) is 4.79 Å². The second kappa shape index (κ2) is 5.97. The van der Waals surface area contributed by atoms with Crippen LogP contribution < -0.4 is 5.32 Å². The summed E-state index contributed by atoms with van der Waals surface area (Å²) in [4.78, 5) is 10.9. The van der Waals surface area contributed by atoms with Gasteiger partial charge in [-0.2, -0.15) is 0 Å². The number of sulfone groups is 1. The number of hydrogen-bond donors (Lipinski definition) is 1. The molecule has 2 rings (SSSR count). The predicted octanol–water partition coefficient (Wildman–Crippen LogP) is 2.50. The molecule has 0 aliphatic heterocycles. The van der Waals surface area contributed by atoms with Crippen LogP contribution in [0, 0.1) is 6.92 Å². The van der Waals surface area contributed by atoms with Crippen molar-refractivity contribution in [3.8, 4) is 0 Å². The minimum Gasteiger partial charge on any atom is -0.465 e. The van der Waals surface area contributed by atoms with Crippen LogP contribution in [-0.4, -0.2) is 14.8 Å². The number of allylic oxidation sites excluding steroid dienone is 1. The van der Waals surface area contributed by atoms with E-state index in [2.05, 4.69) is 5.32 Å². The zero-order valence-electron chi connectivity index (χ0n) is 11.7. The summed E-state index contributed by atoms with van der Waals surface area (Å²) in [7, 11) is -3.83. The summed E-state index contributed by atoms with van der Waals surface area (Å²) in [6.07, 6.45) is 1.78. The lowest BCUT2D eigenvalue weighted by molar-refractivity contribution is -0.108. The number of furan rings is 1. The van der Waals surface area contributed by atoms with Crippen molar-refractivity contribution < 1.29 is 17.6 Å². The van der Waals surface area contributed by atoms with Crippen LogP contribution in [0.5, 0.6) is 0 Å². The average molecular weight is 305 g/mol. The molecule has 0 unspecified atom stereocenters. The monoisotopic (exact) mass is 305 g/mol. The molecule has 6 heteroatoms. The van der Waals surface area contributed by atoms with Crippen molar-refractivity contribution in [3.63, 3.8) is 0 Å². The zero-order valence-corrected chi connectivity index (χ0v) is 12.5. The molecule has 0 aliphatic carbocycles. The predicted molar refractivity (Wildman–Crippen MR) is 78.9 cm³/mol. The fourth-order valence-electron chi connectivity index (χ4n) is 1.88. The third kappa shape index (κ3) is 3.05. The van der Waals surface area contributed by atoms with Crippen LogP contribution in [0.15, 0.2) is 57.0 Å².